The van der Waals surface area contributed by atoms with E-state index in [1.807, 2.05) is 20.8 Å². The molecule has 0 heterocycles. The first-order valence-corrected chi connectivity index (χ1v) is 6.14. The van der Waals surface area contributed by atoms with E-state index in [4.69, 9.17) is 5.11 Å². The Bertz CT molecular complexity index is 454. The lowest BCUT2D eigenvalue weighted by atomic mass is 9.89. The minimum absolute atomic E-state index is 0.0496. The van der Waals surface area contributed by atoms with Crippen LogP contribution in [0.2, 0.25) is 0 Å². The maximum absolute atomic E-state index is 13.6. The van der Waals surface area contributed by atoms with Crippen molar-refractivity contribution in [3.63, 3.8) is 0 Å². The predicted octanol–water partition coefficient (Wildman–Crippen LogP) is 2.73. The lowest BCUT2D eigenvalue weighted by Gasteiger charge is -2.23. The molecule has 0 saturated heterocycles. The molecule has 4 nitrogen and oxygen atoms in total. The molecule has 5 heteroatoms. The first kappa shape index (κ1) is 15.4. The third-order valence-corrected chi connectivity index (χ3v) is 2.61. The number of carbonyl (C=O) groups is 1. The van der Waals surface area contributed by atoms with Gasteiger partial charge in [-0.05, 0) is 24.0 Å². The minimum Gasteiger partial charge on any atom is -0.478 e. The second kappa shape index (κ2) is 6.02. The molecule has 0 amide bonds. The number of benzene rings is 1. The Kier molecular flexibility index (Phi) is 4.89. The number of carboxylic acids is 1. The highest BCUT2D eigenvalue weighted by Crippen LogP contribution is 2.23. The van der Waals surface area contributed by atoms with Crippen LogP contribution in [0, 0.1) is 11.2 Å². The number of hydrogen-bond acceptors (Lipinski definition) is 3. The molecule has 0 aromatic heterocycles. The largest absolute Gasteiger partial charge is 0.478 e. The molecule has 0 bridgehead atoms. The molecule has 0 aliphatic rings. The smallest absolute Gasteiger partial charge is 0.337 e. The molecule has 3 N–H and O–H groups in total. The molecule has 0 aliphatic carbocycles. The Hall–Kier alpha value is -1.62. The van der Waals surface area contributed by atoms with E-state index < -0.39 is 17.9 Å². The molecule has 1 aromatic rings. The van der Waals surface area contributed by atoms with Gasteiger partial charge in [0.15, 0.2) is 0 Å². The van der Waals surface area contributed by atoms with Crippen LogP contribution in [0.1, 0.15) is 37.6 Å². The predicted molar refractivity (Wildman–Crippen MR) is 71.9 cm³/mol. The summed E-state index contributed by atoms with van der Waals surface area (Å²) >= 11 is 0. The molecule has 1 unspecified atom stereocenters. The van der Waals surface area contributed by atoms with E-state index in [9.17, 15) is 14.3 Å². The van der Waals surface area contributed by atoms with Crippen LogP contribution >= 0.6 is 0 Å². The van der Waals surface area contributed by atoms with Gasteiger partial charge >= 0.3 is 5.97 Å². The zero-order valence-electron chi connectivity index (χ0n) is 11.4. The molecule has 0 radical (unpaired) electrons. The van der Waals surface area contributed by atoms with Crippen LogP contribution in [-0.2, 0) is 0 Å². The number of rotatable bonds is 5. The minimum atomic E-state index is -1.20. The molecule has 1 atom stereocenters. The Labute approximate surface area is 112 Å². The summed E-state index contributed by atoms with van der Waals surface area (Å²) in [6.45, 7) is 6.07. The van der Waals surface area contributed by atoms with Crippen molar-refractivity contribution in [1.29, 1.82) is 0 Å². The second-order valence-corrected chi connectivity index (χ2v) is 5.77. The van der Waals surface area contributed by atoms with Gasteiger partial charge in [-0.15, -0.1) is 0 Å². The zero-order chi connectivity index (χ0) is 14.6. The molecular formula is C14H20FNO3. The molecule has 1 rings (SSSR count). The van der Waals surface area contributed by atoms with E-state index >= 15 is 0 Å². The quantitative estimate of drug-likeness (QED) is 0.768. The molecule has 19 heavy (non-hydrogen) atoms. The lowest BCUT2D eigenvalue weighted by Crippen LogP contribution is -2.26. The van der Waals surface area contributed by atoms with Crippen molar-refractivity contribution < 1.29 is 19.4 Å². The van der Waals surface area contributed by atoms with Gasteiger partial charge in [0.05, 0.1) is 17.4 Å². The topological polar surface area (TPSA) is 69.6 Å². The molecular weight excluding hydrogens is 249 g/mol. The highest BCUT2D eigenvalue weighted by atomic mass is 19.1. The van der Waals surface area contributed by atoms with Crippen LogP contribution < -0.4 is 5.32 Å². The van der Waals surface area contributed by atoms with E-state index in [1.54, 1.807) is 0 Å². The fraction of sp³-hybridized carbons (Fsp3) is 0.500. The summed E-state index contributed by atoms with van der Waals surface area (Å²) in [5.74, 6) is -1.84. The summed E-state index contributed by atoms with van der Waals surface area (Å²) in [6, 6.07) is 3.85. The van der Waals surface area contributed by atoms with Crippen molar-refractivity contribution in [3.05, 3.63) is 29.6 Å². The summed E-state index contributed by atoms with van der Waals surface area (Å²) in [5, 5.41) is 21.5. The molecule has 0 saturated carbocycles. The van der Waals surface area contributed by atoms with E-state index in [-0.39, 0.29) is 23.2 Å². The number of hydrogen-bond donors (Lipinski definition) is 3. The van der Waals surface area contributed by atoms with Gasteiger partial charge in [-0.2, -0.15) is 0 Å². The van der Waals surface area contributed by atoms with E-state index in [2.05, 4.69) is 5.32 Å². The van der Waals surface area contributed by atoms with Crippen molar-refractivity contribution >= 4 is 11.7 Å². The van der Waals surface area contributed by atoms with Gasteiger partial charge in [0.1, 0.15) is 5.82 Å². The summed E-state index contributed by atoms with van der Waals surface area (Å²) in [7, 11) is 0. The molecule has 0 fully saturated rings. The monoisotopic (exact) mass is 269 g/mol. The fourth-order valence-electron chi connectivity index (χ4n) is 1.88. The van der Waals surface area contributed by atoms with Crippen molar-refractivity contribution in [1.82, 2.24) is 0 Å². The first-order valence-electron chi connectivity index (χ1n) is 6.14. The second-order valence-electron chi connectivity index (χ2n) is 5.77. The Morgan fingerprint density at radius 2 is 2.05 bits per heavy atom. The Morgan fingerprint density at radius 3 is 2.58 bits per heavy atom. The average Bonchev–Trinajstić information content (AvgIpc) is 2.24. The maximum atomic E-state index is 13.6. The first-order chi connectivity index (χ1) is 8.70. The van der Waals surface area contributed by atoms with Gasteiger partial charge in [-0.3, -0.25) is 0 Å². The number of aliphatic hydroxyl groups excluding tert-OH is 1. The highest BCUT2D eigenvalue weighted by Gasteiger charge is 2.19. The summed E-state index contributed by atoms with van der Waals surface area (Å²) in [4.78, 5) is 11.0. The fourth-order valence-corrected chi connectivity index (χ4v) is 1.88. The number of aromatic carboxylic acids is 1. The van der Waals surface area contributed by atoms with E-state index in [1.165, 1.54) is 18.2 Å². The lowest BCUT2D eigenvalue weighted by molar-refractivity contribution is 0.0697. The van der Waals surface area contributed by atoms with Crippen LogP contribution in [0.4, 0.5) is 10.1 Å². The normalized spacial score (nSPS) is 13.1. The third kappa shape index (κ3) is 4.87. The zero-order valence-corrected chi connectivity index (χ0v) is 11.4. The summed E-state index contributed by atoms with van der Waals surface area (Å²) in [5.41, 5.74) is -0.266. The number of anilines is 1. The number of para-hydroxylation sites is 1. The van der Waals surface area contributed by atoms with Crippen LogP contribution in [0.15, 0.2) is 18.2 Å². The van der Waals surface area contributed by atoms with Crippen molar-refractivity contribution in [2.24, 2.45) is 5.41 Å². The molecule has 0 aliphatic heterocycles. The van der Waals surface area contributed by atoms with Gasteiger partial charge in [-0.1, -0.05) is 26.8 Å². The number of halogens is 1. The van der Waals surface area contributed by atoms with Gasteiger partial charge in [-0.25, -0.2) is 9.18 Å². The average molecular weight is 269 g/mol. The summed E-state index contributed by atoms with van der Waals surface area (Å²) < 4.78 is 13.6. The molecule has 0 spiro atoms. The van der Waals surface area contributed by atoms with Crippen molar-refractivity contribution in [2.45, 2.75) is 33.3 Å². The molecule has 106 valence electrons. The van der Waals surface area contributed by atoms with Crippen molar-refractivity contribution in [2.75, 3.05) is 11.9 Å². The van der Waals surface area contributed by atoms with E-state index in [0.29, 0.717) is 6.42 Å². The van der Waals surface area contributed by atoms with Crippen LogP contribution in [0.25, 0.3) is 0 Å². The Balaban J connectivity index is 2.75. The number of aliphatic hydroxyl groups is 1. The SMILES string of the molecule is CC(C)(C)CC(O)CNc1c(F)cccc1C(=O)O. The molecule has 1 aromatic carbocycles. The van der Waals surface area contributed by atoms with Crippen molar-refractivity contribution in [3.8, 4) is 0 Å². The third-order valence-electron chi connectivity index (χ3n) is 2.61. The standard InChI is InChI=1S/C14H20FNO3/c1-14(2,3)7-9(17)8-16-12-10(13(18)19)5-4-6-11(12)15/h4-6,9,16-17H,7-8H2,1-3H3,(H,18,19). The van der Waals surface area contributed by atoms with Gasteiger partial charge in [0.25, 0.3) is 0 Å². The maximum Gasteiger partial charge on any atom is 0.337 e. The Morgan fingerprint density at radius 1 is 1.42 bits per heavy atom. The van der Waals surface area contributed by atoms with Gasteiger partial charge < -0.3 is 15.5 Å². The number of nitrogens with one attached hydrogen (secondary N) is 1. The van der Waals surface area contributed by atoms with E-state index in [0.717, 1.165) is 0 Å². The highest BCUT2D eigenvalue weighted by molar-refractivity contribution is 5.94. The number of carboxylic acid groups (broad SMARTS) is 1. The van der Waals surface area contributed by atoms with Crippen LogP contribution in [0.3, 0.4) is 0 Å². The van der Waals surface area contributed by atoms with Gasteiger partial charge in [0, 0.05) is 6.54 Å². The summed E-state index contributed by atoms with van der Waals surface area (Å²) in [6.07, 6.45) is -0.127. The van der Waals surface area contributed by atoms with Crippen LogP contribution in [0.5, 0.6) is 0 Å². The van der Waals surface area contributed by atoms with Gasteiger partial charge in [0.2, 0.25) is 0 Å². The van der Waals surface area contributed by atoms with Crippen LogP contribution in [-0.4, -0.2) is 28.8 Å².